The summed E-state index contributed by atoms with van der Waals surface area (Å²) in [5, 5.41) is 0. The van der Waals surface area contributed by atoms with E-state index in [1.165, 1.54) is 33.8 Å². The number of para-hydroxylation sites is 3. The Kier molecular flexibility index (Phi) is 3.41. The minimum atomic E-state index is 0.961. The van der Waals surface area contributed by atoms with Crippen molar-refractivity contribution in [3.63, 3.8) is 0 Å². The van der Waals surface area contributed by atoms with Gasteiger partial charge in [0.05, 0.1) is 22.8 Å². The Hall–Kier alpha value is -2.87. The summed E-state index contributed by atoms with van der Waals surface area (Å²) in [6, 6.07) is 25.9. The van der Waals surface area contributed by atoms with E-state index in [4.69, 9.17) is 4.99 Å². The first-order valence-electron chi connectivity index (χ1n) is 9.00. The zero-order valence-corrected chi connectivity index (χ0v) is 14.2. The van der Waals surface area contributed by atoms with E-state index in [0.29, 0.717) is 0 Å². The first-order valence-corrected chi connectivity index (χ1v) is 9.00. The van der Waals surface area contributed by atoms with Crippen molar-refractivity contribution in [1.29, 1.82) is 0 Å². The van der Waals surface area contributed by atoms with Crippen LogP contribution in [0.4, 0.5) is 17.1 Å². The topological polar surface area (TPSA) is 15.6 Å². The van der Waals surface area contributed by atoms with Crippen molar-refractivity contribution in [3.05, 3.63) is 89.5 Å². The molecule has 0 radical (unpaired) electrons. The maximum absolute atomic E-state index is 5.10. The Labute approximate surface area is 148 Å². The molecule has 2 aliphatic heterocycles. The maximum atomic E-state index is 5.10. The van der Waals surface area contributed by atoms with Gasteiger partial charge >= 0.3 is 0 Å². The second-order valence-electron chi connectivity index (χ2n) is 6.75. The van der Waals surface area contributed by atoms with Gasteiger partial charge in [-0.1, -0.05) is 60.7 Å². The summed E-state index contributed by atoms with van der Waals surface area (Å²) >= 11 is 0. The highest BCUT2D eigenvalue weighted by molar-refractivity contribution is 6.10. The van der Waals surface area contributed by atoms with Gasteiger partial charge in [-0.2, -0.15) is 0 Å². The second kappa shape index (κ2) is 5.89. The Morgan fingerprint density at radius 1 is 0.800 bits per heavy atom. The fraction of sp³-hybridized carbons (Fsp3) is 0.174. The van der Waals surface area contributed by atoms with Crippen LogP contribution < -0.4 is 4.90 Å². The SMILES string of the molecule is c1ccc(CCC2=Nc3ccccc3N3CCc4cccc2c43)cc1. The molecule has 0 unspecified atom stereocenters. The minimum absolute atomic E-state index is 0.961. The molecular weight excluding hydrogens is 304 g/mol. The number of hydrogen-bond acceptors (Lipinski definition) is 2. The lowest BCUT2D eigenvalue weighted by atomic mass is 9.98. The molecule has 5 rings (SSSR count). The molecule has 0 amide bonds. The van der Waals surface area contributed by atoms with Crippen molar-refractivity contribution in [2.75, 3.05) is 11.4 Å². The van der Waals surface area contributed by atoms with Crippen LogP contribution in [0.3, 0.4) is 0 Å². The van der Waals surface area contributed by atoms with E-state index in [2.05, 4.69) is 77.7 Å². The van der Waals surface area contributed by atoms with Gasteiger partial charge in [0.25, 0.3) is 0 Å². The molecule has 25 heavy (non-hydrogen) atoms. The Morgan fingerprint density at radius 3 is 2.56 bits per heavy atom. The Balaban J connectivity index is 1.61. The average molecular weight is 324 g/mol. The van der Waals surface area contributed by atoms with Crippen molar-refractivity contribution in [2.24, 2.45) is 4.99 Å². The molecule has 0 saturated heterocycles. The van der Waals surface area contributed by atoms with Gasteiger partial charge in [-0.25, -0.2) is 0 Å². The molecule has 0 atom stereocenters. The summed E-state index contributed by atoms with van der Waals surface area (Å²) in [6.45, 7) is 1.05. The number of benzene rings is 3. The molecule has 0 N–H and O–H groups in total. The third kappa shape index (κ3) is 2.45. The Morgan fingerprint density at radius 2 is 1.64 bits per heavy atom. The fourth-order valence-corrected chi connectivity index (χ4v) is 4.02. The summed E-state index contributed by atoms with van der Waals surface area (Å²) < 4.78 is 0. The molecule has 0 fully saturated rings. The van der Waals surface area contributed by atoms with Gasteiger partial charge in [0, 0.05) is 12.1 Å². The minimum Gasteiger partial charge on any atom is -0.339 e. The van der Waals surface area contributed by atoms with Crippen LogP contribution >= 0.6 is 0 Å². The van der Waals surface area contributed by atoms with Crippen molar-refractivity contribution >= 4 is 22.8 Å². The molecule has 0 aromatic heterocycles. The lowest BCUT2D eigenvalue weighted by Gasteiger charge is -2.21. The van der Waals surface area contributed by atoms with Crippen molar-refractivity contribution in [2.45, 2.75) is 19.3 Å². The van der Waals surface area contributed by atoms with Crippen LogP contribution in [-0.2, 0) is 12.8 Å². The third-order valence-corrected chi connectivity index (χ3v) is 5.23. The van der Waals surface area contributed by atoms with Crippen LogP contribution in [0.15, 0.2) is 77.8 Å². The lowest BCUT2D eigenvalue weighted by Crippen LogP contribution is -2.14. The monoisotopic (exact) mass is 324 g/mol. The van der Waals surface area contributed by atoms with Gasteiger partial charge in [0.15, 0.2) is 0 Å². The molecule has 2 aliphatic rings. The fourth-order valence-electron chi connectivity index (χ4n) is 4.02. The highest BCUT2D eigenvalue weighted by Crippen LogP contribution is 2.44. The van der Waals surface area contributed by atoms with Crippen LogP contribution in [0, 0.1) is 0 Å². The third-order valence-electron chi connectivity index (χ3n) is 5.23. The number of rotatable bonds is 3. The number of anilines is 2. The highest BCUT2D eigenvalue weighted by Gasteiger charge is 2.28. The highest BCUT2D eigenvalue weighted by atomic mass is 15.2. The molecular formula is C23H20N2. The number of hydrogen-bond donors (Lipinski definition) is 0. The molecule has 2 heteroatoms. The lowest BCUT2D eigenvalue weighted by molar-refractivity contribution is 0.999. The molecule has 3 aromatic rings. The predicted octanol–water partition coefficient (Wildman–Crippen LogP) is 5.45. The standard InChI is InChI=1S/C23H20N2/c1-2-7-17(8-3-1)13-14-20-19-10-6-9-18-15-16-25(23(18)19)22-12-5-4-11-21(22)24-20/h1-12H,13-16H2. The molecule has 0 aliphatic carbocycles. The summed E-state index contributed by atoms with van der Waals surface area (Å²) in [5.41, 5.74) is 9.03. The maximum Gasteiger partial charge on any atom is 0.0870 e. The van der Waals surface area contributed by atoms with Crippen molar-refractivity contribution < 1.29 is 0 Å². The molecule has 2 nitrogen and oxygen atoms in total. The van der Waals surface area contributed by atoms with Crippen molar-refractivity contribution in [3.8, 4) is 0 Å². The van der Waals surface area contributed by atoms with E-state index in [9.17, 15) is 0 Å². The molecule has 2 heterocycles. The predicted molar refractivity (Wildman–Crippen MR) is 105 cm³/mol. The van der Waals surface area contributed by atoms with Crippen LogP contribution in [0.25, 0.3) is 0 Å². The van der Waals surface area contributed by atoms with E-state index < -0.39 is 0 Å². The number of nitrogens with zero attached hydrogens (tertiary/aromatic N) is 2. The summed E-state index contributed by atoms with van der Waals surface area (Å²) in [4.78, 5) is 7.55. The van der Waals surface area contributed by atoms with E-state index in [0.717, 1.165) is 31.5 Å². The van der Waals surface area contributed by atoms with E-state index in [1.54, 1.807) is 0 Å². The molecule has 0 saturated carbocycles. The van der Waals surface area contributed by atoms with Gasteiger partial charge in [-0.05, 0) is 42.5 Å². The molecule has 0 spiro atoms. The van der Waals surface area contributed by atoms with E-state index in [-0.39, 0.29) is 0 Å². The zero-order valence-electron chi connectivity index (χ0n) is 14.2. The smallest absolute Gasteiger partial charge is 0.0870 e. The summed E-state index contributed by atoms with van der Waals surface area (Å²) in [6.07, 6.45) is 3.09. The second-order valence-corrected chi connectivity index (χ2v) is 6.75. The average Bonchev–Trinajstić information content (AvgIpc) is 3.04. The molecule has 122 valence electrons. The molecule has 0 bridgehead atoms. The van der Waals surface area contributed by atoms with Gasteiger partial charge in [-0.3, -0.25) is 4.99 Å². The normalized spacial score (nSPS) is 14.6. The first kappa shape index (κ1) is 14.5. The van der Waals surface area contributed by atoms with Crippen LogP contribution in [0.1, 0.15) is 23.1 Å². The van der Waals surface area contributed by atoms with Crippen LogP contribution in [0.5, 0.6) is 0 Å². The van der Waals surface area contributed by atoms with E-state index in [1.807, 2.05) is 0 Å². The largest absolute Gasteiger partial charge is 0.339 e. The molecule has 3 aromatic carbocycles. The van der Waals surface area contributed by atoms with Gasteiger partial charge in [-0.15, -0.1) is 0 Å². The van der Waals surface area contributed by atoms with Crippen LogP contribution in [0.2, 0.25) is 0 Å². The van der Waals surface area contributed by atoms with Crippen LogP contribution in [-0.4, -0.2) is 12.3 Å². The van der Waals surface area contributed by atoms with Crippen molar-refractivity contribution in [1.82, 2.24) is 0 Å². The van der Waals surface area contributed by atoms with Gasteiger partial charge in [0.1, 0.15) is 0 Å². The van der Waals surface area contributed by atoms with Gasteiger partial charge < -0.3 is 4.90 Å². The Bertz CT molecular complexity index is 957. The quantitative estimate of drug-likeness (QED) is 0.625. The van der Waals surface area contributed by atoms with Gasteiger partial charge in [0.2, 0.25) is 0 Å². The summed E-state index contributed by atoms with van der Waals surface area (Å²) in [5.74, 6) is 0. The van der Waals surface area contributed by atoms with E-state index >= 15 is 0 Å². The number of aliphatic imine (C=N–C) groups is 1. The zero-order chi connectivity index (χ0) is 16.6. The summed E-state index contributed by atoms with van der Waals surface area (Å²) in [7, 11) is 0. The number of fused-ring (bicyclic) bond motifs is 2. The number of aryl methyl sites for hydroxylation is 1. The first-order chi connectivity index (χ1) is 12.4.